The van der Waals surface area contributed by atoms with E-state index in [1.165, 1.54) is 122 Å². The lowest BCUT2D eigenvalue weighted by molar-refractivity contribution is -0.138. The number of hydrogen-bond donors (Lipinski definition) is 2. The first-order valence-corrected chi connectivity index (χ1v) is 17.5. The van der Waals surface area contributed by atoms with Crippen molar-refractivity contribution in [3.05, 3.63) is 11.6 Å². The Labute approximate surface area is 250 Å². The molecule has 0 saturated heterocycles. The Morgan fingerprint density at radius 2 is 0.825 bits per heavy atom. The van der Waals surface area contributed by atoms with Crippen LogP contribution in [0.1, 0.15) is 201 Å². The first-order chi connectivity index (χ1) is 19.4. The van der Waals surface area contributed by atoms with Crippen molar-refractivity contribution in [2.24, 2.45) is 5.92 Å². The van der Waals surface area contributed by atoms with Crippen LogP contribution in [0.2, 0.25) is 0 Å². The highest BCUT2D eigenvalue weighted by molar-refractivity contribution is 5.66. The van der Waals surface area contributed by atoms with E-state index in [-0.39, 0.29) is 0 Å². The van der Waals surface area contributed by atoms with Gasteiger partial charge in [-0.25, -0.2) is 0 Å². The van der Waals surface area contributed by atoms with E-state index >= 15 is 0 Å². The molecule has 0 aromatic carbocycles. The summed E-state index contributed by atoms with van der Waals surface area (Å²) in [4.78, 5) is 20.9. The van der Waals surface area contributed by atoms with Crippen LogP contribution >= 0.6 is 0 Å². The van der Waals surface area contributed by atoms with Gasteiger partial charge in [0, 0.05) is 12.8 Å². The largest absolute Gasteiger partial charge is 0.481 e. The molecule has 0 aliphatic heterocycles. The van der Waals surface area contributed by atoms with Gasteiger partial charge in [-0.1, -0.05) is 148 Å². The van der Waals surface area contributed by atoms with Crippen LogP contribution in [0, 0.1) is 5.92 Å². The molecule has 0 unspecified atom stereocenters. The normalized spacial score (nSPS) is 10.8. The SMILES string of the molecule is CCCCCC(=CCCCCCC(=O)O)CCCCC.CCCCCC(CCCCC)CCCCCCC(=O)O. The third kappa shape index (κ3) is 34.7. The van der Waals surface area contributed by atoms with Crippen LogP contribution in [-0.2, 0) is 9.59 Å². The number of unbranched alkanes of at least 4 members (excludes halogenated alkanes) is 14. The number of rotatable bonds is 29. The molecule has 238 valence electrons. The summed E-state index contributed by atoms with van der Waals surface area (Å²) in [7, 11) is 0. The van der Waals surface area contributed by atoms with Gasteiger partial charge in [-0.3, -0.25) is 9.59 Å². The van der Waals surface area contributed by atoms with Gasteiger partial charge in [-0.15, -0.1) is 0 Å². The van der Waals surface area contributed by atoms with E-state index in [0.29, 0.717) is 12.8 Å². The molecule has 0 amide bonds. The number of hydrogen-bond acceptors (Lipinski definition) is 2. The summed E-state index contributed by atoms with van der Waals surface area (Å²) in [6, 6.07) is 0. The maximum Gasteiger partial charge on any atom is 0.303 e. The minimum absolute atomic E-state index is 0.323. The van der Waals surface area contributed by atoms with Gasteiger partial charge < -0.3 is 10.2 Å². The van der Waals surface area contributed by atoms with E-state index in [1.54, 1.807) is 5.57 Å². The van der Waals surface area contributed by atoms with Crippen molar-refractivity contribution >= 4 is 11.9 Å². The molecule has 0 atom stereocenters. The van der Waals surface area contributed by atoms with Crippen molar-refractivity contribution in [2.45, 2.75) is 201 Å². The molecule has 0 saturated carbocycles. The van der Waals surface area contributed by atoms with E-state index in [9.17, 15) is 9.59 Å². The molecule has 2 N–H and O–H groups in total. The molecule has 0 aromatic rings. The van der Waals surface area contributed by atoms with Gasteiger partial charge in [0.05, 0.1) is 0 Å². The van der Waals surface area contributed by atoms with Gasteiger partial charge in [0.15, 0.2) is 0 Å². The molecule has 0 aliphatic carbocycles. The van der Waals surface area contributed by atoms with E-state index in [4.69, 9.17) is 10.2 Å². The summed E-state index contributed by atoms with van der Waals surface area (Å²) in [5.74, 6) is -0.394. The smallest absolute Gasteiger partial charge is 0.303 e. The van der Waals surface area contributed by atoms with Crippen LogP contribution in [0.5, 0.6) is 0 Å². The Morgan fingerprint density at radius 3 is 1.25 bits per heavy atom. The van der Waals surface area contributed by atoms with Crippen molar-refractivity contribution < 1.29 is 19.8 Å². The second kappa shape index (κ2) is 33.9. The van der Waals surface area contributed by atoms with Gasteiger partial charge >= 0.3 is 11.9 Å². The Morgan fingerprint density at radius 1 is 0.475 bits per heavy atom. The van der Waals surface area contributed by atoms with Crippen LogP contribution in [0.4, 0.5) is 0 Å². The molecular weight excluding hydrogens is 496 g/mol. The highest BCUT2D eigenvalue weighted by Gasteiger charge is 2.08. The van der Waals surface area contributed by atoms with Crippen LogP contribution in [0.15, 0.2) is 11.6 Å². The Bertz CT molecular complexity index is 547. The number of carboxylic acids is 2. The molecular formula is C36H70O4. The Balaban J connectivity index is 0. The number of allylic oxidation sites excluding steroid dienone is 2. The highest BCUT2D eigenvalue weighted by atomic mass is 16.4. The number of aliphatic carboxylic acids is 2. The summed E-state index contributed by atoms with van der Waals surface area (Å²) >= 11 is 0. The second-order valence-corrected chi connectivity index (χ2v) is 12.0. The van der Waals surface area contributed by atoms with Gasteiger partial charge in [-0.05, 0) is 57.3 Å². The quantitative estimate of drug-likeness (QED) is 0.0697. The zero-order chi connectivity index (χ0) is 30.1. The monoisotopic (exact) mass is 567 g/mol. The lowest BCUT2D eigenvalue weighted by Gasteiger charge is -2.16. The molecule has 0 aromatic heterocycles. The zero-order valence-corrected chi connectivity index (χ0v) is 27.5. The topological polar surface area (TPSA) is 74.6 Å². The van der Waals surface area contributed by atoms with Gasteiger partial charge in [-0.2, -0.15) is 0 Å². The summed E-state index contributed by atoms with van der Waals surface area (Å²) in [6.07, 6.45) is 34.5. The number of carbonyl (C=O) groups is 2. The van der Waals surface area contributed by atoms with Gasteiger partial charge in [0.25, 0.3) is 0 Å². The molecule has 40 heavy (non-hydrogen) atoms. The van der Waals surface area contributed by atoms with Crippen LogP contribution in [-0.4, -0.2) is 22.2 Å². The average Bonchev–Trinajstić information content (AvgIpc) is 2.92. The average molecular weight is 567 g/mol. The van der Waals surface area contributed by atoms with E-state index in [2.05, 4.69) is 33.8 Å². The molecule has 0 bridgehead atoms. The maximum absolute atomic E-state index is 10.4. The van der Waals surface area contributed by atoms with E-state index in [0.717, 1.165) is 44.4 Å². The minimum atomic E-state index is -0.666. The third-order valence-corrected chi connectivity index (χ3v) is 7.92. The van der Waals surface area contributed by atoms with Crippen molar-refractivity contribution in [2.75, 3.05) is 0 Å². The zero-order valence-electron chi connectivity index (χ0n) is 27.5. The van der Waals surface area contributed by atoms with Gasteiger partial charge in [0.1, 0.15) is 0 Å². The van der Waals surface area contributed by atoms with Gasteiger partial charge in [0.2, 0.25) is 0 Å². The summed E-state index contributed by atoms with van der Waals surface area (Å²) in [6.45, 7) is 9.05. The Hall–Kier alpha value is -1.32. The fourth-order valence-corrected chi connectivity index (χ4v) is 5.30. The molecule has 4 nitrogen and oxygen atoms in total. The summed E-state index contributed by atoms with van der Waals surface area (Å²) in [5, 5.41) is 17.2. The van der Waals surface area contributed by atoms with Crippen molar-refractivity contribution in [3.63, 3.8) is 0 Å². The lowest BCUT2D eigenvalue weighted by atomic mass is 9.90. The predicted molar refractivity (Wildman–Crippen MR) is 174 cm³/mol. The van der Waals surface area contributed by atoms with Crippen molar-refractivity contribution in [3.8, 4) is 0 Å². The van der Waals surface area contributed by atoms with Crippen molar-refractivity contribution in [1.82, 2.24) is 0 Å². The lowest BCUT2D eigenvalue weighted by Crippen LogP contribution is -2.01. The van der Waals surface area contributed by atoms with E-state index in [1.807, 2.05) is 0 Å². The summed E-state index contributed by atoms with van der Waals surface area (Å²) < 4.78 is 0. The summed E-state index contributed by atoms with van der Waals surface area (Å²) in [5.41, 5.74) is 1.64. The molecule has 0 heterocycles. The highest BCUT2D eigenvalue weighted by Crippen LogP contribution is 2.24. The Kier molecular flexibility index (Phi) is 34.6. The second-order valence-electron chi connectivity index (χ2n) is 12.0. The molecule has 0 radical (unpaired) electrons. The van der Waals surface area contributed by atoms with Crippen LogP contribution in [0.25, 0.3) is 0 Å². The number of carboxylic acid groups (broad SMARTS) is 2. The third-order valence-electron chi connectivity index (χ3n) is 7.92. The van der Waals surface area contributed by atoms with Crippen LogP contribution in [0.3, 0.4) is 0 Å². The molecule has 0 aliphatic rings. The first-order valence-electron chi connectivity index (χ1n) is 17.5. The minimum Gasteiger partial charge on any atom is -0.481 e. The molecule has 0 spiro atoms. The predicted octanol–water partition coefficient (Wildman–Crippen LogP) is 12.3. The maximum atomic E-state index is 10.4. The molecule has 4 heteroatoms. The molecule has 0 rings (SSSR count). The first kappa shape index (κ1) is 40.8. The standard InChI is InChI=1S/C18H36O2.C18H34O2/c2*1-3-5-9-13-17(14-10-6-4-2)15-11-7-8-12-16-18(19)20/h17H,3-16H2,1-2H3,(H,19,20);15H,3-14,16H2,1-2H3,(H,19,20). The molecule has 0 fully saturated rings. The van der Waals surface area contributed by atoms with Crippen molar-refractivity contribution in [1.29, 1.82) is 0 Å². The fourth-order valence-electron chi connectivity index (χ4n) is 5.30. The van der Waals surface area contributed by atoms with E-state index < -0.39 is 11.9 Å². The van der Waals surface area contributed by atoms with Crippen LogP contribution < -0.4 is 0 Å². The fraction of sp³-hybridized carbons (Fsp3) is 0.889.